The van der Waals surface area contributed by atoms with Crippen molar-refractivity contribution < 1.29 is 30.5 Å². The molecular weight excluding hydrogens is 498 g/mol. The van der Waals surface area contributed by atoms with Crippen molar-refractivity contribution >= 4 is 39.0 Å². The van der Waals surface area contributed by atoms with E-state index < -0.39 is 120 Å². The monoisotopic (exact) mass is 546 g/mol. The SMILES string of the molecule is [2H]c1cc(N(c2cc([2H])c(-c3c([2H])c([2H])c([2H])c([2H])c3[2H])c([2H])c2)c2cc([2H])c([2H])c3oc4c([2H])c([2H])c([2H])c([2H])c4c23)c2c(c1[2H])C(C)(C)c1c([2H])c([2H])c([2H])c([2H])c1-2. The van der Waals surface area contributed by atoms with Gasteiger partial charge in [0.15, 0.2) is 0 Å². The molecule has 41 heavy (non-hydrogen) atoms. The van der Waals surface area contributed by atoms with E-state index in [-0.39, 0.29) is 72.9 Å². The fourth-order valence-corrected chi connectivity index (χ4v) is 5.43. The Morgan fingerprint density at radius 1 is 0.585 bits per heavy atom. The van der Waals surface area contributed by atoms with Crippen molar-refractivity contribution in [3.63, 3.8) is 0 Å². The molecule has 2 heteroatoms. The first-order valence-corrected chi connectivity index (χ1v) is 12.6. The summed E-state index contributed by atoms with van der Waals surface area (Å²) in [7, 11) is 0. The lowest BCUT2D eigenvalue weighted by Crippen LogP contribution is -2.16. The zero-order valence-electron chi connectivity index (χ0n) is 40.7. The number of hydrogen-bond acceptors (Lipinski definition) is 2. The summed E-state index contributed by atoms with van der Waals surface area (Å²) in [6.45, 7) is 3.27. The van der Waals surface area contributed by atoms with E-state index >= 15 is 0 Å². The molecule has 1 heterocycles. The van der Waals surface area contributed by atoms with Crippen LogP contribution in [0.2, 0.25) is 0 Å². The lowest BCUT2D eigenvalue weighted by Gasteiger charge is -2.29. The molecule has 0 saturated carbocycles. The van der Waals surface area contributed by atoms with Gasteiger partial charge in [-0.05, 0) is 64.2 Å². The molecule has 7 aromatic rings. The first kappa shape index (κ1) is 11.4. The number of nitrogens with zero attached hydrogens (tertiary/aromatic N) is 1. The Bertz CT molecular complexity index is 3080. The maximum Gasteiger partial charge on any atom is 0.137 e. The second-order valence-corrected chi connectivity index (χ2v) is 9.95. The Kier molecular flexibility index (Phi) is 2.50. The summed E-state index contributed by atoms with van der Waals surface area (Å²) >= 11 is 0. The van der Waals surface area contributed by atoms with Crippen LogP contribution in [-0.4, -0.2) is 0 Å². The van der Waals surface area contributed by atoms with Crippen LogP contribution in [0.4, 0.5) is 17.1 Å². The van der Waals surface area contributed by atoms with Crippen molar-refractivity contribution in [2.24, 2.45) is 0 Å². The van der Waals surface area contributed by atoms with Gasteiger partial charge in [0.1, 0.15) is 11.2 Å². The average Bonchev–Trinajstić information content (AvgIpc) is 3.72. The molecule has 8 rings (SSSR count). The molecule has 0 unspecified atom stereocenters. The second-order valence-electron chi connectivity index (χ2n) is 9.95. The van der Waals surface area contributed by atoms with Gasteiger partial charge < -0.3 is 9.32 Å². The van der Waals surface area contributed by atoms with Gasteiger partial charge in [0.2, 0.25) is 0 Å². The quantitative estimate of drug-likeness (QED) is 0.218. The normalized spacial score (nSPS) is 19.8. The number of rotatable bonds is 4. The fourth-order valence-electron chi connectivity index (χ4n) is 5.43. The molecule has 0 atom stereocenters. The Labute approximate surface area is 266 Å². The van der Waals surface area contributed by atoms with Crippen molar-refractivity contribution in [1.82, 2.24) is 0 Å². The van der Waals surface area contributed by atoms with Gasteiger partial charge in [0, 0.05) is 22.1 Å². The highest BCUT2D eigenvalue weighted by molar-refractivity contribution is 6.14. The molecule has 196 valence electrons. The van der Waals surface area contributed by atoms with Crippen LogP contribution in [0, 0.1) is 0 Å². The Balaban J connectivity index is 1.60. The van der Waals surface area contributed by atoms with Gasteiger partial charge in [-0.25, -0.2) is 0 Å². The first-order chi connectivity index (χ1) is 28.0. The highest BCUT2D eigenvalue weighted by Gasteiger charge is 2.37. The molecule has 1 aliphatic carbocycles. The average molecular weight is 547 g/mol. The highest BCUT2D eigenvalue weighted by atomic mass is 16.3. The molecule has 0 bridgehead atoms. The minimum absolute atomic E-state index is 0.0270. The first-order valence-electron chi connectivity index (χ1n) is 22.1. The minimum Gasteiger partial charge on any atom is -0.456 e. The Hall–Kier alpha value is -5.08. The van der Waals surface area contributed by atoms with Crippen LogP contribution in [0.5, 0.6) is 0 Å². The Morgan fingerprint density at radius 3 is 2.07 bits per heavy atom. The van der Waals surface area contributed by atoms with Gasteiger partial charge in [-0.15, -0.1) is 0 Å². The topological polar surface area (TPSA) is 16.4 Å². The van der Waals surface area contributed by atoms with Crippen LogP contribution < -0.4 is 4.90 Å². The molecule has 0 spiro atoms. The maximum atomic E-state index is 9.24. The standard InChI is InChI=1S/C39H29NO/c1-39(2)31-16-8-6-14-29(31)37-32(39)17-10-18-33(37)40(28-24-22-27(23-25-28)26-12-4-3-5-13-26)34-19-11-21-36-38(34)30-15-7-9-20-35(30)41-36/h3-25H,1-2H3/i3D,4D,5D,6D,7D,8D,9D,10D,11D,12D,13D,14D,15D,16D,17D,20D,21D,22D,23D. The predicted molar refractivity (Wildman–Crippen MR) is 171 cm³/mol. The zero-order chi connectivity index (χ0) is 44.1. The molecule has 0 aliphatic heterocycles. The predicted octanol–water partition coefficient (Wildman–Crippen LogP) is 11.0. The lowest BCUT2D eigenvalue weighted by atomic mass is 9.82. The van der Waals surface area contributed by atoms with E-state index in [1.54, 1.807) is 13.8 Å². The van der Waals surface area contributed by atoms with Crippen molar-refractivity contribution in [3.05, 3.63) is 150 Å². The Morgan fingerprint density at radius 2 is 1.22 bits per heavy atom. The van der Waals surface area contributed by atoms with Gasteiger partial charge in [-0.3, -0.25) is 0 Å². The number of fused-ring (bicyclic) bond motifs is 6. The summed E-state index contributed by atoms with van der Waals surface area (Å²) in [5.41, 5.74) is -2.92. The maximum absolute atomic E-state index is 9.24. The van der Waals surface area contributed by atoms with E-state index in [9.17, 15) is 2.74 Å². The van der Waals surface area contributed by atoms with Gasteiger partial charge in [0.25, 0.3) is 0 Å². The summed E-state index contributed by atoms with van der Waals surface area (Å²) in [6, 6.07) is -5.93. The van der Waals surface area contributed by atoms with Gasteiger partial charge in [0.05, 0.1) is 42.8 Å². The second kappa shape index (κ2) is 8.97. The number of benzene rings is 6. The van der Waals surface area contributed by atoms with E-state index in [1.807, 2.05) is 0 Å². The molecular formula is C39H29NO. The van der Waals surface area contributed by atoms with Crippen LogP contribution in [0.25, 0.3) is 44.2 Å². The summed E-state index contributed by atoms with van der Waals surface area (Å²) in [4.78, 5) is 1.29. The van der Waals surface area contributed by atoms with Crippen molar-refractivity contribution in [3.8, 4) is 22.3 Å². The van der Waals surface area contributed by atoms with Gasteiger partial charge in [-0.1, -0.05) is 117 Å². The van der Waals surface area contributed by atoms with E-state index in [4.69, 9.17) is 27.7 Å². The molecule has 2 nitrogen and oxygen atoms in total. The van der Waals surface area contributed by atoms with E-state index in [2.05, 4.69) is 0 Å². The van der Waals surface area contributed by atoms with E-state index in [0.717, 1.165) is 0 Å². The van der Waals surface area contributed by atoms with Crippen LogP contribution in [0.3, 0.4) is 0 Å². The smallest absolute Gasteiger partial charge is 0.137 e. The van der Waals surface area contributed by atoms with Crippen molar-refractivity contribution in [2.75, 3.05) is 4.90 Å². The molecule has 1 aliphatic rings. The van der Waals surface area contributed by atoms with E-state index in [0.29, 0.717) is 0 Å². The number of furan rings is 1. The summed E-state index contributed by atoms with van der Waals surface area (Å²) in [6.07, 6.45) is 0. The van der Waals surface area contributed by atoms with E-state index in [1.165, 1.54) is 29.2 Å². The lowest BCUT2D eigenvalue weighted by molar-refractivity contribution is 0.660. The highest BCUT2D eigenvalue weighted by Crippen LogP contribution is 2.55. The molecule has 0 radical (unpaired) electrons. The molecule has 6 aromatic carbocycles. The third-order valence-corrected chi connectivity index (χ3v) is 7.30. The number of anilines is 3. The fraction of sp³-hybridized carbons (Fsp3) is 0.0769. The third kappa shape index (κ3) is 3.57. The van der Waals surface area contributed by atoms with Crippen LogP contribution in [0.15, 0.2) is 143 Å². The molecule has 0 saturated heterocycles. The van der Waals surface area contributed by atoms with Crippen molar-refractivity contribution in [1.29, 1.82) is 0 Å². The van der Waals surface area contributed by atoms with Crippen molar-refractivity contribution in [2.45, 2.75) is 19.3 Å². The van der Waals surface area contributed by atoms with Gasteiger partial charge in [-0.2, -0.15) is 0 Å². The largest absolute Gasteiger partial charge is 0.456 e. The van der Waals surface area contributed by atoms with Crippen LogP contribution in [0.1, 0.15) is 51.0 Å². The summed E-state index contributed by atoms with van der Waals surface area (Å²) < 4.78 is 172. The molecule has 1 aromatic heterocycles. The zero-order valence-corrected chi connectivity index (χ0v) is 21.7. The number of hydrogen-bond donors (Lipinski definition) is 0. The molecule has 0 fully saturated rings. The third-order valence-electron chi connectivity index (χ3n) is 7.30. The summed E-state index contributed by atoms with van der Waals surface area (Å²) in [5, 5.41) is -0.339. The molecule has 0 N–H and O–H groups in total. The van der Waals surface area contributed by atoms with Gasteiger partial charge >= 0.3 is 0 Å². The van der Waals surface area contributed by atoms with Crippen LogP contribution in [-0.2, 0) is 5.41 Å². The van der Waals surface area contributed by atoms with Crippen LogP contribution >= 0.6 is 0 Å². The summed E-state index contributed by atoms with van der Waals surface area (Å²) in [5.74, 6) is 0. The molecule has 0 amide bonds. The minimum atomic E-state index is -1.33. The number of para-hydroxylation sites is 1.